The molecule has 4 rings (SSSR count). The van der Waals surface area contributed by atoms with E-state index in [1.165, 1.54) is 47.4 Å². The Bertz CT molecular complexity index is 809. The van der Waals surface area contributed by atoms with Crippen LogP contribution in [0.25, 0.3) is 10.4 Å². The van der Waals surface area contributed by atoms with E-state index in [1.54, 1.807) is 21.6 Å². The van der Waals surface area contributed by atoms with Gasteiger partial charge in [-0.2, -0.15) is 0 Å². The zero-order chi connectivity index (χ0) is 17.2. The van der Waals surface area contributed by atoms with Gasteiger partial charge in [0.05, 0.1) is 0 Å². The molecule has 0 saturated carbocycles. The lowest BCUT2D eigenvalue weighted by atomic mass is 9.82. The molecule has 2 aromatic rings. The van der Waals surface area contributed by atoms with Gasteiger partial charge in [0.2, 0.25) is 0 Å². The molecule has 0 N–H and O–H groups in total. The Kier molecular flexibility index (Phi) is 5.19. The maximum atomic E-state index is 2.59. The van der Waals surface area contributed by atoms with Gasteiger partial charge in [-0.15, -0.1) is 11.3 Å². The highest BCUT2D eigenvalue weighted by molar-refractivity contribution is 8.03. The lowest BCUT2D eigenvalue weighted by molar-refractivity contribution is 0.551. The first-order chi connectivity index (χ1) is 12.3. The Hall–Kier alpha value is -1.25. The smallest absolute Gasteiger partial charge is 0.0345 e. The van der Waals surface area contributed by atoms with Crippen molar-refractivity contribution >= 4 is 23.1 Å². The lowest BCUT2D eigenvalue weighted by Crippen LogP contribution is -2.14. The number of benzene rings is 1. The minimum absolute atomic E-state index is 0.750. The summed E-state index contributed by atoms with van der Waals surface area (Å²) in [5.74, 6) is 0.750. The first-order valence-corrected chi connectivity index (χ1v) is 11.3. The Morgan fingerprint density at radius 3 is 2.76 bits per heavy atom. The van der Waals surface area contributed by atoms with Gasteiger partial charge in [0.25, 0.3) is 0 Å². The predicted octanol–water partition coefficient (Wildman–Crippen LogP) is 7.86. The molecule has 0 saturated heterocycles. The van der Waals surface area contributed by atoms with Crippen LogP contribution in [0, 0.1) is 5.92 Å². The average molecular weight is 367 g/mol. The molecule has 0 spiro atoms. The molecule has 2 heterocycles. The lowest BCUT2D eigenvalue weighted by Gasteiger charge is -2.32. The molecule has 0 nitrogen and oxygen atoms in total. The van der Waals surface area contributed by atoms with Gasteiger partial charge in [0, 0.05) is 21.1 Å². The van der Waals surface area contributed by atoms with Crippen LogP contribution in [-0.4, -0.2) is 0 Å². The Labute approximate surface area is 160 Å². The van der Waals surface area contributed by atoms with Crippen LogP contribution in [0.1, 0.15) is 51.5 Å². The summed E-state index contributed by atoms with van der Waals surface area (Å²) in [6.07, 6.45) is 10.1. The summed E-state index contributed by atoms with van der Waals surface area (Å²) in [5, 5.41) is 2.19. The molecule has 1 unspecified atom stereocenters. The van der Waals surface area contributed by atoms with Gasteiger partial charge in [0.15, 0.2) is 0 Å². The van der Waals surface area contributed by atoms with Gasteiger partial charge in [-0.1, -0.05) is 68.3 Å². The van der Waals surface area contributed by atoms with Crippen molar-refractivity contribution in [3.63, 3.8) is 0 Å². The number of allylic oxidation sites excluding steroid dienone is 3. The highest BCUT2D eigenvalue weighted by Crippen LogP contribution is 2.50. The second-order valence-electron chi connectivity index (χ2n) is 7.15. The highest BCUT2D eigenvalue weighted by Gasteiger charge is 2.28. The maximum Gasteiger partial charge on any atom is 0.0345 e. The van der Waals surface area contributed by atoms with E-state index in [1.807, 2.05) is 23.1 Å². The first-order valence-electron chi connectivity index (χ1n) is 9.56. The second-order valence-corrected chi connectivity index (χ2v) is 9.19. The molecule has 25 heavy (non-hydrogen) atoms. The van der Waals surface area contributed by atoms with E-state index in [9.17, 15) is 0 Å². The fourth-order valence-electron chi connectivity index (χ4n) is 4.21. The molecule has 1 aromatic carbocycles. The normalized spacial score (nSPS) is 19.4. The molecule has 2 aliphatic rings. The summed E-state index contributed by atoms with van der Waals surface area (Å²) in [7, 11) is 0. The minimum atomic E-state index is 0.750. The fraction of sp³-hybridized carbons (Fsp3) is 0.391. The van der Waals surface area contributed by atoms with E-state index in [2.05, 4.69) is 55.6 Å². The van der Waals surface area contributed by atoms with Gasteiger partial charge in [-0.25, -0.2) is 0 Å². The average Bonchev–Trinajstić information content (AvgIpc) is 3.15. The third-order valence-electron chi connectivity index (χ3n) is 5.32. The molecule has 1 atom stereocenters. The summed E-state index contributed by atoms with van der Waals surface area (Å²) >= 11 is 3.88. The quantitative estimate of drug-likeness (QED) is 0.519. The summed E-state index contributed by atoms with van der Waals surface area (Å²) in [5.41, 5.74) is 6.37. The van der Waals surface area contributed by atoms with E-state index in [0.717, 1.165) is 12.3 Å². The van der Waals surface area contributed by atoms with Gasteiger partial charge in [-0.05, 0) is 59.4 Å². The van der Waals surface area contributed by atoms with Crippen molar-refractivity contribution < 1.29 is 0 Å². The molecular weight excluding hydrogens is 340 g/mol. The molecular formula is C23H26S2. The number of fused-ring (bicyclic) bond motifs is 2. The molecule has 0 bridgehead atoms. The van der Waals surface area contributed by atoms with Gasteiger partial charge < -0.3 is 0 Å². The topological polar surface area (TPSA) is 0 Å². The molecule has 1 aromatic heterocycles. The molecule has 0 radical (unpaired) electrons. The second kappa shape index (κ2) is 7.55. The number of thiophene rings is 1. The van der Waals surface area contributed by atoms with Crippen molar-refractivity contribution in [2.24, 2.45) is 5.92 Å². The zero-order valence-electron chi connectivity index (χ0n) is 15.2. The maximum absolute atomic E-state index is 2.59. The SMILES string of the molecule is CCCC1=C2Cc3c(cccc3-c3cccs3)SC2=CC(CCC)C1. The summed E-state index contributed by atoms with van der Waals surface area (Å²) in [4.78, 5) is 4.43. The van der Waals surface area contributed by atoms with Crippen LogP contribution < -0.4 is 0 Å². The van der Waals surface area contributed by atoms with Crippen molar-refractivity contribution in [1.82, 2.24) is 0 Å². The molecule has 0 fully saturated rings. The van der Waals surface area contributed by atoms with Crippen molar-refractivity contribution in [3.8, 4) is 10.4 Å². The number of rotatable bonds is 5. The monoisotopic (exact) mass is 366 g/mol. The predicted molar refractivity (Wildman–Crippen MR) is 112 cm³/mol. The number of thioether (sulfide) groups is 1. The summed E-state index contributed by atoms with van der Waals surface area (Å²) in [6, 6.07) is 11.3. The molecule has 1 aliphatic carbocycles. The zero-order valence-corrected chi connectivity index (χ0v) is 16.8. The van der Waals surface area contributed by atoms with Crippen LogP contribution in [0.15, 0.2) is 62.7 Å². The first kappa shape index (κ1) is 17.2. The largest absolute Gasteiger partial charge is 0.144 e. The van der Waals surface area contributed by atoms with Crippen LogP contribution in [0.2, 0.25) is 0 Å². The fourth-order valence-corrected chi connectivity index (χ4v) is 6.28. The van der Waals surface area contributed by atoms with E-state index in [0.29, 0.717) is 0 Å². The van der Waals surface area contributed by atoms with E-state index < -0.39 is 0 Å². The van der Waals surface area contributed by atoms with E-state index >= 15 is 0 Å². The molecule has 1 aliphatic heterocycles. The standard InChI is InChI=1S/C23H26S2/c1-3-7-16-13-17(8-4-2)19-15-20-18(21-11-6-12-24-21)9-5-10-22(20)25-23(19)14-16/h5-6,9-12,14,16H,3-4,7-8,13,15H2,1-2H3. The molecule has 130 valence electrons. The van der Waals surface area contributed by atoms with Gasteiger partial charge in [0.1, 0.15) is 0 Å². The van der Waals surface area contributed by atoms with Crippen molar-refractivity contribution in [2.45, 2.75) is 57.3 Å². The number of hydrogen-bond acceptors (Lipinski definition) is 2. The summed E-state index contributed by atoms with van der Waals surface area (Å²) in [6.45, 7) is 4.63. The van der Waals surface area contributed by atoms with E-state index in [-0.39, 0.29) is 0 Å². The van der Waals surface area contributed by atoms with Crippen LogP contribution in [0.4, 0.5) is 0 Å². The molecule has 2 heteroatoms. The highest BCUT2D eigenvalue weighted by atomic mass is 32.2. The Morgan fingerprint density at radius 1 is 1.08 bits per heavy atom. The van der Waals surface area contributed by atoms with Crippen molar-refractivity contribution in [2.75, 3.05) is 0 Å². The van der Waals surface area contributed by atoms with Crippen molar-refractivity contribution in [1.29, 1.82) is 0 Å². The van der Waals surface area contributed by atoms with Crippen LogP contribution in [-0.2, 0) is 6.42 Å². The van der Waals surface area contributed by atoms with Crippen LogP contribution in [0.5, 0.6) is 0 Å². The Balaban J connectivity index is 1.77. The van der Waals surface area contributed by atoms with Gasteiger partial charge >= 0.3 is 0 Å². The van der Waals surface area contributed by atoms with Crippen LogP contribution >= 0.6 is 23.1 Å². The van der Waals surface area contributed by atoms with Gasteiger partial charge in [-0.3, -0.25) is 0 Å². The summed E-state index contributed by atoms with van der Waals surface area (Å²) < 4.78 is 0. The number of hydrogen-bond donors (Lipinski definition) is 0. The van der Waals surface area contributed by atoms with E-state index in [4.69, 9.17) is 0 Å². The minimum Gasteiger partial charge on any atom is -0.144 e. The van der Waals surface area contributed by atoms with Crippen molar-refractivity contribution in [3.05, 3.63) is 63.4 Å². The third kappa shape index (κ3) is 3.39. The van der Waals surface area contributed by atoms with Crippen LogP contribution in [0.3, 0.4) is 0 Å². The third-order valence-corrected chi connectivity index (χ3v) is 7.43. The molecule has 0 amide bonds. The Morgan fingerprint density at radius 2 is 2.00 bits per heavy atom.